The van der Waals surface area contributed by atoms with Crippen molar-refractivity contribution in [3.05, 3.63) is 29.8 Å². The zero-order valence-electron chi connectivity index (χ0n) is 10.4. The third kappa shape index (κ3) is 2.99. The number of benzene rings is 1. The molecule has 1 aliphatic carbocycles. The van der Waals surface area contributed by atoms with Crippen LogP contribution < -0.4 is 5.73 Å². The molecule has 0 bridgehead atoms. The molecule has 1 amide bonds. The highest BCUT2D eigenvalue weighted by Gasteiger charge is 2.22. The molecular weight excluding hydrogens is 212 g/mol. The molecule has 1 aromatic rings. The maximum Gasteiger partial charge on any atom is 0.222 e. The Bertz CT molecular complexity index is 399. The van der Waals surface area contributed by atoms with Crippen LogP contribution in [-0.2, 0) is 11.3 Å². The Labute approximate surface area is 103 Å². The highest BCUT2D eigenvalue weighted by Crippen LogP contribution is 2.30. The number of anilines is 1. The summed E-state index contributed by atoms with van der Waals surface area (Å²) < 4.78 is 0. The van der Waals surface area contributed by atoms with E-state index < -0.39 is 0 Å². The molecule has 1 aliphatic rings. The second-order valence-electron chi connectivity index (χ2n) is 4.95. The SMILES string of the molecule is CN(Cc1ccccc1N)C(=O)CC1CCC1. The zero-order valence-corrected chi connectivity index (χ0v) is 10.4. The van der Waals surface area contributed by atoms with Gasteiger partial charge in [0.25, 0.3) is 0 Å². The summed E-state index contributed by atoms with van der Waals surface area (Å²) in [5.74, 6) is 0.857. The summed E-state index contributed by atoms with van der Waals surface area (Å²) in [4.78, 5) is 13.7. The monoisotopic (exact) mass is 232 g/mol. The molecule has 0 atom stereocenters. The molecule has 0 spiro atoms. The maximum atomic E-state index is 11.9. The van der Waals surface area contributed by atoms with Crippen LogP contribution in [0.1, 0.15) is 31.2 Å². The normalized spacial score (nSPS) is 15.4. The minimum absolute atomic E-state index is 0.234. The van der Waals surface area contributed by atoms with Gasteiger partial charge in [-0.15, -0.1) is 0 Å². The highest BCUT2D eigenvalue weighted by molar-refractivity contribution is 5.76. The van der Waals surface area contributed by atoms with Gasteiger partial charge in [-0.3, -0.25) is 4.79 Å². The maximum absolute atomic E-state index is 11.9. The number of nitrogens with two attached hydrogens (primary N) is 1. The quantitative estimate of drug-likeness (QED) is 0.810. The molecule has 2 rings (SSSR count). The summed E-state index contributed by atoms with van der Waals surface area (Å²) in [6.45, 7) is 0.609. The van der Waals surface area contributed by atoms with Crippen LogP contribution in [0.3, 0.4) is 0 Å². The summed E-state index contributed by atoms with van der Waals surface area (Å²) >= 11 is 0. The van der Waals surface area contributed by atoms with Gasteiger partial charge >= 0.3 is 0 Å². The molecule has 0 aromatic heterocycles. The number of nitrogens with zero attached hydrogens (tertiary/aromatic N) is 1. The lowest BCUT2D eigenvalue weighted by Crippen LogP contribution is -2.29. The fraction of sp³-hybridized carbons (Fsp3) is 0.500. The van der Waals surface area contributed by atoms with Crippen molar-refractivity contribution in [3.8, 4) is 0 Å². The molecule has 3 nitrogen and oxygen atoms in total. The fourth-order valence-electron chi connectivity index (χ4n) is 2.12. The molecule has 92 valence electrons. The summed E-state index contributed by atoms with van der Waals surface area (Å²) in [5, 5.41) is 0. The molecule has 1 saturated carbocycles. The van der Waals surface area contributed by atoms with E-state index in [4.69, 9.17) is 5.73 Å². The van der Waals surface area contributed by atoms with Gasteiger partial charge in [0.05, 0.1) is 0 Å². The smallest absolute Gasteiger partial charge is 0.222 e. The molecule has 0 radical (unpaired) electrons. The summed E-state index contributed by atoms with van der Waals surface area (Å²) in [7, 11) is 1.85. The molecule has 0 heterocycles. The number of carbonyl (C=O) groups is 1. The average molecular weight is 232 g/mol. The van der Waals surface area contributed by atoms with E-state index in [1.807, 2.05) is 31.3 Å². The van der Waals surface area contributed by atoms with E-state index >= 15 is 0 Å². The van der Waals surface area contributed by atoms with Gasteiger partial charge in [-0.05, 0) is 30.4 Å². The van der Waals surface area contributed by atoms with Gasteiger partial charge in [0, 0.05) is 25.7 Å². The first-order chi connectivity index (χ1) is 8.16. The van der Waals surface area contributed by atoms with Gasteiger partial charge in [0.1, 0.15) is 0 Å². The number of rotatable bonds is 4. The van der Waals surface area contributed by atoms with Gasteiger partial charge in [0.15, 0.2) is 0 Å². The Kier molecular flexibility index (Phi) is 3.67. The fourth-order valence-corrected chi connectivity index (χ4v) is 2.12. The van der Waals surface area contributed by atoms with E-state index in [1.165, 1.54) is 19.3 Å². The van der Waals surface area contributed by atoms with Crippen LogP contribution in [-0.4, -0.2) is 17.9 Å². The largest absolute Gasteiger partial charge is 0.398 e. The Morgan fingerprint density at radius 2 is 2.12 bits per heavy atom. The van der Waals surface area contributed by atoms with Gasteiger partial charge in [-0.25, -0.2) is 0 Å². The van der Waals surface area contributed by atoms with Crippen molar-refractivity contribution in [2.45, 2.75) is 32.2 Å². The minimum atomic E-state index is 0.234. The van der Waals surface area contributed by atoms with Crippen molar-refractivity contribution in [2.75, 3.05) is 12.8 Å². The van der Waals surface area contributed by atoms with Crippen molar-refractivity contribution >= 4 is 11.6 Å². The van der Waals surface area contributed by atoms with Crippen molar-refractivity contribution in [2.24, 2.45) is 5.92 Å². The number of hydrogen-bond acceptors (Lipinski definition) is 2. The summed E-state index contributed by atoms with van der Waals surface area (Å²) in [5.41, 5.74) is 7.65. The summed E-state index contributed by atoms with van der Waals surface area (Å²) in [6.07, 6.45) is 4.41. The van der Waals surface area contributed by atoms with Crippen LogP contribution in [0.15, 0.2) is 24.3 Å². The Hall–Kier alpha value is -1.51. The Morgan fingerprint density at radius 1 is 1.41 bits per heavy atom. The van der Waals surface area contributed by atoms with E-state index in [9.17, 15) is 4.79 Å². The lowest BCUT2D eigenvalue weighted by Gasteiger charge is -2.27. The topological polar surface area (TPSA) is 46.3 Å². The average Bonchev–Trinajstić information content (AvgIpc) is 2.26. The van der Waals surface area contributed by atoms with Crippen molar-refractivity contribution in [1.82, 2.24) is 4.90 Å². The van der Waals surface area contributed by atoms with Gasteiger partial charge in [-0.1, -0.05) is 24.6 Å². The second kappa shape index (κ2) is 5.21. The van der Waals surface area contributed by atoms with Gasteiger partial charge in [-0.2, -0.15) is 0 Å². The Balaban J connectivity index is 1.89. The first-order valence-electron chi connectivity index (χ1n) is 6.24. The number of hydrogen-bond donors (Lipinski definition) is 1. The first-order valence-corrected chi connectivity index (χ1v) is 6.24. The van der Waals surface area contributed by atoms with Crippen molar-refractivity contribution in [1.29, 1.82) is 0 Å². The number of carbonyl (C=O) groups excluding carboxylic acids is 1. The van der Waals surface area contributed by atoms with Crippen molar-refractivity contribution < 1.29 is 4.79 Å². The predicted octanol–water partition coefficient (Wildman–Crippen LogP) is 2.42. The van der Waals surface area contributed by atoms with Crippen LogP contribution in [0.4, 0.5) is 5.69 Å². The van der Waals surface area contributed by atoms with Gasteiger partial charge < -0.3 is 10.6 Å². The van der Waals surface area contributed by atoms with E-state index in [1.54, 1.807) is 4.90 Å². The molecule has 3 heteroatoms. The van der Waals surface area contributed by atoms with Gasteiger partial charge in [0.2, 0.25) is 5.91 Å². The third-order valence-electron chi connectivity index (χ3n) is 3.58. The predicted molar refractivity (Wildman–Crippen MR) is 69.3 cm³/mol. The van der Waals surface area contributed by atoms with Crippen LogP contribution in [0.25, 0.3) is 0 Å². The van der Waals surface area contributed by atoms with Crippen molar-refractivity contribution in [3.63, 3.8) is 0 Å². The third-order valence-corrected chi connectivity index (χ3v) is 3.58. The molecular formula is C14H20N2O. The standard InChI is InChI=1S/C14H20N2O/c1-16(14(17)9-11-5-4-6-11)10-12-7-2-3-8-13(12)15/h2-3,7-8,11H,4-6,9-10,15H2,1H3. The lowest BCUT2D eigenvalue weighted by molar-refractivity contribution is -0.132. The van der Waals surface area contributed by atoms with Crippen LogP contribution in [0, 0.1) is 5.92 Å². The lowest BCUT2D eigenvalue weighted by atomic mass is 9.83. The molecule has 0 unspecified atom stereocenters. The van der Waals surface area contributed by atoms with E-state index in [2.05, 4.69) is 0 Å². The number of nitrogen functional groups attached to an aromatic ring is 1. The Morgan fingerprint density at radius 3 is 2.71 bits per heavy atom. The number of para-hydroxylation sites is 1. The number of amides is 1. The molecule has 1 fully saturated rings. The van der Waals surface area contributed by atoms with Crippen LogP contribution in [0.5, 0.6) is 0 Å². The first kappa shape index (κ1) is 12.0. The molecule has 17 heavy (non-hydrogen) atoms. The summed E-state index contributed by atoms with van der Waals surface area (Å²) in [6, 6.07) is 7.72. The van der Waals surface area contributed by atoms with E-state index in [0.29, 0.717) is 18.9 Å². The molecule has 2 N–H and O–H groups in total. The molecule has 0 aliphatic heterocycles. The van der Waals surface area contributed by atoms with E-state index in [0.717, 1.165) is 11.3 Å². The molecule has 1 aromatic carbocycles. The highest BCUT2D eigenvalue weighted by atomic mass is 16.2. The van der Waals surface area contributed by atoms with E-state index in [-0.39, 0.29) is 5.91 Å². The minimum Gasteiger partial charge on any atom is -0.398 e. The molecule has 0 saturated heterocycles. The van der Waals surface area contributed by atoms with Crippen LogP contribution >= 0.6 is 0 Å². The van der Waals surface area contributed by atoms with Crippen LogP contribution in [0.2, 0.25) is 0 Å². The zero-order chi connectivity index (χ0) is 12.3. The second-order valence-corrected chi connectivity index (χ2v) is 4.95.